The quantitative estimate of drug-likeness (QED) is 0.667. The van der Waals surface area contributed by atoms with E-state index in [-0.39, 0.29) is 11.2 Å². The second-order valence-corrected chi connectivity index (χ2v) is 5.42. The van der Waals surface area contributed by atoms with Gasteiger partial charge in [0.1, 0.15) is 5.60 Å². The number of rotatable bonds is 1. The van der Waals surface area contributed by atoms with Crippen molar-refractivity contribution >= 4 is 5.78 Å². The van der Waals surface area contributed by atoms with Crippen LogP contribution in [0, 0.1) is 11.3 Å². The summed E-state index contributed by atoms with van der Waals surface area (Å²) < 4.78 is 0. The van der Waals surface area contributed by atoms with E-state index in [0.29, 0.717) is 18.8 Å². The molecule has 3 heteroatoms. The summed E-state index contributed by atoms with van der Waals surface area (Å²) in [5.41, 5.74) is -1.35. The molecule has 2 atom stereocenters. The van der Waals surface area contributed by atoms with Gasteiger partial charge in [0.15, 0.2) is 5.78 Å². The normalized spacial score (nSPS) is 34.6. The van der Waals surface area contributed by atoms with Gasteiger partial charge in [0.05, 0.1) is 6.61 Å². The van der Waals surface area contributed by atoms with Crippen LogP contribution in [0.15, 0.2) is 0 Å². The van der Waals surface area contributed by atoms with Gasteiger partial charge in [-0.3, -0.25) is 4.79 Å². The molecular weight excluding hydrogens is 180 g/mol. The van der Waals surface area contributed by atoms with Crippen molar-refractivity contribution in [3.05, 3.63) is 0 Å². The fraction of sp³-hybridized carbons (Fsp3) is 0.909. The van der Waals surface area contributed by atoms with E-state index in [2.05, 4.69) is 20.8 Å². The number of ketones is 1. The minimum atomic E-state index is -1.46. The predicted molar refractivity (Wildman–Crippen MR) is 53.8 cm³/mol. The third-order valence-corrected chi connectivity index (χ3v) is 3.34. The Labute approximate surface area is 85.1 Å². The van der Waals surface area contributed by atoms with Crippen molar-refractivity contribution in [3.8, 4) is 0 Å². The van der Waals surface area contributed by atoms with Crippen LogP contribution in [0.5, 0.6) is 0 Å². The lowest BCUT2D eigenvalue weighted by Gasteiger charge is -2.39. The topological polar surface area (TPSA) is 57.5 Å². The standard InChI is InChI=1S/C11H20O3/c1-10(2,3)8-4-5-11(14,7-12)9(13)6-8/h8,12,14H,4-7H2,1-3H3/t8-,11-/m0/s1. The molecule has 0 spiro atoms. The lowest BCUT2D eigenvalue weighted by atomic mass is 9.68. The molecule has 0 amide bonds. The number of aliphatic hydroxyl groups is 2. The Morgan fingerprint density at radius 1 is 1.50 bits per heavy atom. The van der Waals surface area contributed by atoms with E-state index in [1.807, 2.05) is 0 Å². The fourth-order valence-electron chi connectivity index (χ4n) is 1.97. The molecule has 0 aromatic heterocycles. The Morgan fingerprint density at radius 2 is 2.07 bits per heavy atom. The van der Waals surface area contributed by atoms with Gasteiger partial charge >= 0.3 is 0 Å². The average molecular weight is 200 g/mol. The van der Waals surface area contributed by atoms with Crippen LogP contribution < -0.4 is 0 Å². The van der Waals surface area contributed by atoms with Crippen LogP contribution in [0.3, 0.4) is 0 Å². The molecule has 1 aliphatic carbocycles. The minimum absolute atomic E-state index is 0.104. The Morgan fingerprint density at radius 3 is 2.43 bits per heavy atom. The number of hydrogen-bond donors (Lipinski definition) is 2. The van der Waals surface area contributed by atoms with Gasteiger partial charge in [-0.25, -0.2) is 0 Å². The summed E-state index contributed by atoms with van der Waals surface area (Å²) in [7, 11) is 0. The van der Waals surface area contributed by atoms with E-state index in [0.717, 1.165) is 6.42 Å². The average Bonchev–Trinajstić information content (AvgIpc) is 2.08. The second-order valence-electron chi connectivity index (χ2n) is 5.42. The molecule has 82 valence electrons. The molecule has 0 aromatic rings. The number of hydrogen-bond acceptors (Lipinski definition) is 3. The first-order chi connectivity index (χ1) is 6.29. The summed E-state index contributed by atoms with van der Waals surface area (Å²) in [6.07, 6.45) is 1.59. The molecule has 3 nitrogen and oxygen atoms in total. The highest BCUT2D eigenvalue weighted by atomic mass is 16.3. The van der Waals surface area contributed by atoms with E-state index < -0.39 is 12.2 Å². The first-order valence-corrected chi connectivity index (χ1v) is 5.16. The van der Waals surface area contributed by atoms with Crippen LogP contribution in [0.25, 0.3) is 0 Å². The van der Waals surface area contributed by atoms with Crippen LogP contribution in [-0.4, -0.2) is 28.2 Å². The van der Waals surface area contributed by atoms with Crippen LogP contribution in [-0.2, 0) is 4.79 Å². The maximum atomic E-state index is 11.6. The number of carbonyl (C=O) groups is 1. The zero-order valence-electron chi connectivity index (χ0n) is 9.21. The highest BCUT2D eigenvalue weighted by Gasteiger charge is 2.43. The monoisotopic (exact) mass is 200 g/mol. The molecule has 1 aliphatic rings. The summed E-state index contributed by atoms with van der Waals surface area (Å²) in [5.74, 6) is 0.119. The van der Waals surface area contributed by atoms with Crippen molar-refractivity contribution in [2.45, 2.75) is 45.6 Å². The van der Waals surface area contributed by atoms with Gasteiger partial charge in [-0.2, -0.15) is 0 Å². The molecule has 1 fully saturated rings. The lowest BCUT2D eigenvalue weighted by Crippen LogP contribution is -2.48. The fourth-order valence-corrected chi connectivity index (χ4v) is 1.97. The van der Waals surface area contributed by atoms with Crippen molar-refractivity contribution in [2.75, 3.05) is 6.61 Å². The van der Waals surface area contributed by atoms with Crippen LogP contribution in [0.4, 0.5) is 0 Å². The molecule has 0 heterocycles. The third kappa shape index (κ3) is 2.15. The predicted octanol–water partition coefficient (Wildman–Crippen LogP) is 1.13. The Hall–Kier alpha value is -0.410. The van der Waals surface area contributed by atoms with Crippen molar-refractivity contribution in [3.63, 3.8) is 0 Å². The van der Waals surface area contributed by atoms with Crippen LogP contribution in [0.2, 0.25) is 0 Å². The molecule has 0 radical (unpaired) electrons. The third-order valence-electron chi connectivity index (χ3n) is 3.34. The van der Waals surface area contributed by atoms with Gasteiger partial charge in [0.2, 0.25) is 0 Å². The largest absolute Gasteiger partial charge is 0.393 e. The number of Topliss-reactive ketones (excluding diaryl/α,β-unsaturated/α-hetero) is 1. The second kappa shape index (κ2) is 3.63. The highest BCUT2D eigenvalue weighted by Crippen LogP contribution is 2.39. The van der Waals surface area contributed by atoms with Crippen molar-refractivity contribution in [1.82, 2.24) is 0 Å². The molecule has 14 heavy (non-hydrogen) atoms. The number of carbonyl (C=O) groups excluding carboxylic acids is 1. The first-order valence-electron chi connectivity index (χ1n) is 5.16. The van der Waals surface area contributed by atoms with Gasteiger partial charge in [-0.1, -0.05) is 20.8 Å². The van der Waals surface area contributed by atoms with E-state index in [4.69, 9.17) is 5.11 Å². The van der Waals surface area contributed by atoms with Crippen molar-refractivity contribution < 1.29 is 15.0 Å². The molecule has 0 bridgehead atoms. The summed E-state index contributed by atoms with van der Waals surface area (Å²) in [4.78, 5) is 11.6. The highest BCUT2D eigenvalue weighted by molar-refractivity contribution is 5.88. The lowest BCUT2D eigenvalue weighted by molar-refractivity contribution is -0.150. The maximum Gasteiger partial charge on any atom is 0.167 e. The van der Waals surface area contributed by atoms with Gasteiger partial charge in [0, 0.05) is 6.42 Å². The van der Waals surface area contributed by atoms with E-state index in [1.165, 1.54) is 0 Å². The van der Waals surface area contributed by atoms with E-state index >= 15 is 0 Å². The zero-order valence-corrected chi connectivity index (χ0v) is 9.21. The maximum absolute atomic E-state index is 11.6. The molecule has 1 saturated carbocycles. The summed E-state index contributed by atoms with van der Waals surface area (Å²) in [5, 5.41) is 18.7. The van der Waals surface area contributed by atoms with Crippen molar-refractivity contribution in [1.29, 1.82) is 0 Å². The molecule has 2 N–H and O–H groups in total. The van der Waals surface area contributed by atoms with Gasteiger partial charge in [-0.05, 0) is 24.2 Å². The summed E-state index contributed by atoms with van der Waals surface area (Å²) in [6.45, 7) is 5.87. The van der Waals surface area contributed by atoms with E-state index in [1.54, 1.807) is 0 Å². The minimum Gasteiger partial charge on any atom is -0.393 e. The summed E-state index contributed by atoms with van der Waals surface area (Å²) >= 11 is 0. The molecule has 0 unspecified atom stereocenters. The van der Waals surface area contributed by atoms with E-state index in [9.17, 15) is 9.90 Å². The van der Waals surface area contributed by atoms with Crippen LogP contribution in [0.1, 0.15) is 40.0 Å². The Kier molecular flexibility index (Phi) is 3.02. The SMILES string of the molecule is CC(C)(C)[C@H]1CC[C@](O)(CO)C(=O)C1. The molecular formula is C11H20O3. The summed E-state index contributed by atoms with van der Waals surface area (Å²) in [6, 6.07) is 0. The Balaban J connectivity index is 2.69. The molecule has 0 aliphatic heterocycles. The molecule has 1 rings (SSSR count). The number of aliphatic hydroxyl groups excluding tert-OH is 1. The van der Waals surface area contributed by atoms with Crippen LogP contribution >= 0.6 is 0 Å². The zero-order chi connectivity index (χ0) is 11.0. The van der Waals surface area contributed by atoms with Gasteiger partial charge in [0.25, 0.3) is 0 Å². The first kappa shape index (κ1) is 11.7. The van der Waals surface area contributed by atoms with Gasteiger partial charge < -0.3 is 10.2 Å². The van der Waals surface area contributed by atoms with Gasteiger partial charge in [-0.15, -0.1) is 0 Å². The molecule has 0 aromatic carbocycles. The van der Waals surface area contributed by atoms with Crippen molar-refractivity contribution in [2.24, 2.45) is 11.3 Å². The smallest absolute Gasteiger partial charge is 0.167 e. The Bertz CT molecular complexity index is 229. The molecule has 0 saturated heterocycles.